The van der Waals surface area contributed by atoms with Crippen molar-refractivity contribution in [3.05, 3.63) is 24.0 Å². The van der Waals surface area contributed by atoms with E-state index in [0.29, 0.717) is 11.6 Å². The predicted molar refractivity (Wildman–Crippen MR) is 74.6 cm³/mol. The number of carboxylic acids is 1. The molecule has 1 saturated heterocycles. The standard InChI is InChI=1S/C14H21N3O3/c1-15-8-11-4-2-7-17(9-11)14(20)12-5-3-6-16(12)10-13(18)19/h3,5-6,11,15H,2,4,7-10H2,1H3,(H,18,19). The topological polar surface area (TPSA) is 74.6 Å². The van der Waals surface area contributed by atoms with Crippen molar-refractivity contribution in [2.75, 3.05) is 26.7 Å². The lowest BCUT2D eigenvalue weighted by molar-refractivity contribution is -0.137. The second kappa shape index (κ2) is 6.56. The first-order valence-electron chi connectivity index (χ1n) is 6.92. The first-order chi connectivity index (χ1) is 9.61. The van der Waals surface area contributed by atoms with E-state index in [1.54, 1.807) is 18.3 Å². The van der Waals surface area contributed by atoms with Gasteiger partial charge in [0.1, 0.15) is 12.2 Å². The number of carbonyl (C=O) groups is 2. The van der Waals surface area contributed by atoms with Gasteiger partial charge in [0.2, 0.25) is 0 Å². The average Bonchev–Trinajstić information content (AvgIpc) is 2.86. The second-order valence-electron chi connectivity index (χ2n) is 5.23. The Morgan fingerprint density at radius 1 is 1.50 bits per heavy atom. The number of hydrogen-bond donors (Lipinski definition) is 2. The number of carbonyl (C=O) groups excluding carboxylic acids is 1. The largest absolute Gasteiger partial charge is 0.480 e. The van der Waals surface area contributed by atoms with Crippen LogP contribution in [-0.2, 0) is 11.3 Å². The van der Waals surface area contributed by atoms with Crippen LogP contribution in [0.1, 0.15) is 23.3 Å². The van der Waals surface area contributed by atoms with Crippen LogP contribution in [0.25, 0.3) is 0 Å². The molecule has 0 saturated carbocycles. The molecule has 1 aromatic heterocycles. The van der Waals surface area contributed by atoms with Gasteiger partial charge < -0.3 is 19.9 Å². The fraction of sp³-hybridized carbons (Fsp3) is 0.571. The lowest BCUT2D eigenvalue weighted by atomic mass is 9.98. The van der Waals surface area contributed by atoms with Gasteiger partial charge in [0, 0.05) is 19.3 Å². The first-order valence-corrected chi connectivity index (χ1v) is 6.92. The fourth-order valence-corrected chi connectivity index (χ4v) is 2.76. The van der Waals surface area contributed by atoms with E-state index in [1.165, 1.54) is 4.57 Å². The van der Waals surface area contributed by atoms with Gasteiger partial charge in [-0.25, -0.2) is 0 Å². The van der Waals surface area contributed by atoms with Gasteiger partial charge in [0.05, 0.1) is 0 Å². The van der Waals surface area contributed by atoms with Crippen LogP contribution in [0.4, 0.5) is 0 Å². The maximum Gasteiger partial charge on any atom is 0.323 e. The number of nitrogens with zero attached hydrogens (tertiary/aromatic N) is 2. The summed E-state index contributed by atoms with van der Waals surface area (Å²) >= 11 is 0. The number of hydrogen-bond acceptors (Lipinski definition) is 3. The highest BCUT2D eigenvalue weighted by Gasteiger charge is 2.25. The van der Waals surface area contributed by atoms with E-state index in [1.807, 2.05) is 11.9 Å². The van der Waals surface area contributed by atoms with Crippen molar-refractivity contribution in [2.24, 2.45) is 5.92 Å². The van der Waals surface area contributed by atoms with Gasteiger partial charge >= 0.3 is 5.97 Å². The molecule has 1 atom stereocenters. The third-order valence-corrected chi connectivity index (χ3v) is 3.65. The molecular weight excluding hydrogens is 258 g/mol. The number of aliphatic carboxylic acids is 1. The number of piperidine rings is 1. The number of likely N-dealkylation sites (tertiary alicyclic amines) is 1. The lowest BCUT2D eigenvalue weighted by Gasteiger charge is -2.32. The minimum absolute atomic E-state index is 0.0722. The van der Waals surface area contributed by atoms with Crippen molar-refractivity contribution in [2.45, 2.75) is 19.4 Å². The average molecular weight is 279 g/mol. The summed E-state index contributed by atoms with van der Waals surface area (Å²) < 4.78 is 1.49. The summed E-state index contributed by atoms with van der Waals surface area (Å²) in [5.41, 5.74) is 0.456. The SMILES string of the molecule is CNCC1CCCN(C(=O)c2cccn2CC(=O)O)C1. The van der Waals surface area contributed by atoms with E-state index in [9.17, 15) is 9.59 Å². The summed E-state index contributed by atoms with van der Waals surface area (Å²) in [6.07, 6.45) is 3.76. The Morgan fingerprint density at radius 3 is 3.00 bits per heavy atom. The first kappa shape index (κ1) is 14.6. The second-order valence-corrected chi connectivity index (χ2v) is 5.23. The van der Waals surface area contributed by atoms with E-state index in [-0.39, 0.29) is 12.5 Å². The summed E-state index contributed by atoms with van der Waals surface area (Å²) in [6.45, 7) is 2.21. The van der Waals surface area contributed by atoms with E-state index < -0.39 is 5.97 Å². The maximum absolute atomic E-state index is 12.5. The molecule has 1 fully saturated rings. The van der Waals surface area contributed by atoms with Crippen LogP contribution in [0, 0.1) is 5.92 Å². The van der Waals surface area contributed by atoms with Crippen LogP contribution in [0.2, 0.25) is 0 Å². The van der Waals surface area contributed by atoms with Crippen LogP contribution < -0.4 is 5.32 Å². The minimum atomic E-state index is -0.943. The van der Waals surface area contributed by atoms with E-state index in [0.717, 1.165) is 32.5 Å². The van der Waals surface area contributed by atoms with Crippen LogP contribution in [0.5, 0.6) is 0 Å². The molecule has 0 aliphatic carbocycles. The van der Waals surface area contributed by atoms with Crippen molar-refractivity contribution in [3.8, 4) is 0 Å². The van der Waals surface area contributed by atoms with Crippen molar-refractivity contribution in [3.63, 3.8) is 0 Å². The molecule has 0 aromatic carbocycles. The molecule has 0 spiro atoms. The zero-order valence-electron chi connectivity index (χ0n) is 11.7. The number of amides is 1. The van der Waals surface area contributed by atoms with E-state index in [4.69, 9.17) is 5.11 Å². The van der Waals surface area contributed by atoms with Crippen molar-refractivity contribution < 1.29 is 14.7 Å². The lowest BCUT2D eigenvalue weighted by Crippen LogP contribution is -2.43. The molecular formula is C14H21N3O3. The quantitative estimate of drug-likeness (QED) is 0.829. The maximum atomic E-state index is 12.5. The van der Waals surface area contributed by atoms with Crippen LogP contribution in [-0.4, -0.2) is 53.1 Å². The van der Waals surface area contributed by atoms with E-state index >= 15 is 0 Å². The molecule has 110 valence electrons. The highest BCUT2D eigenvalue weighted by atomic mass is 16.4. The number of aromatic nitrogens is 1. The van der Waals surface area contributed by atoms with Gasteiger partial charge in [-0.3, -0.25) is 9.59 Å². The zero-order chi connectivity index (χ0) is 14.5. The van der Waals surface area contributed by atoms with Gasteiger partial charge in [-0.15, -0.1) is 0 Å². The molecule has 1 aliphatic heterocycles. The summed E-state index contributed by atoms with van der Waals surface area (Å²) in [7, 11) is 1.92. The Morgan fingerprint density at radius 2 is 2.30 bits per heavy atom. The number of rotatable bonds is 5. The monoisotopic (exact) mass is 279 g/mol. The molecule has 2 heterocycles. The summed E-state index contributed by atoms with van der Waals surface area (Å²) in [5.74, 6) is -0.542. The number of carboxylic acid groups (broad SMARTS) is 1. The van der Waals surface area contributed by atoms with Gasteiger partial charge in [0.15, 0.2) is 0 Å². The van der Waals surface area contributed by atoms with E-state index in [2.05, 4.69) is 5.32 Å². The minimum Gasteiger partial charge on any atom is -0.480 e. The van der Waals surface area contributed by atoms with Gasteiger partial charge in [-0.05, 0) is 44.5 Å². The smallest absolute Gasteiger partial charge is 0.323 e. The highest BCUT2D eigenvalue weighted by molar-refractivity contribution is 5.93. The van der Waals surface area contributed by atoms with Crippen molar-refractivity contribution in [1.82, 2.24) is 14.8 Å². The van der Waals surface area contributed by atoms with Crippen LogP contribution in [0.3, 0.4) is 0 Å². The Hall–Kier alpha value is -1.82. The Bertz CT molecular complexity index is 482. The van der Waals surface area contributed by atoms with Gasteiger partial charge in [-0.1, -0.05) is 0 Å². The normalized spacial score (nSPS) is 19.1. The molecule has 1 unspecified atom stereocenters. The van der Waals surface area contributed by atoms with Crippen molar-refractivity contribution >= 4 is 11.9 Å². The Kier molecular flexibility index (Phi) is 4.79. The molecule has 2 N–H and O–H groups in total. The molecule has 0 radical (unpaired) electrons. The summed E-state index contributed by atoms with van der Waals surface area (Å²) in [4.78, 5) is 25.1. The summed E-state index contributed by atoms with van der Waals surface area (Å²) in [5, 5.41) is 12.0. The molecule has 1 amide bonds. The third kappa shape index (κ3) is 3.39. The fourth-order valence-electron chi connectivity index (χ4n) is 2.76. The van der Waals surface area contributed by atoms with Crippen LogP contribution in [0.15, 0.2) is 18.3 Å². The van der Waals surface area contributed by atoms with Crippen molar-refractivity contribution in [1.29, 1.82) is 0 Å². The Balaban J connectivity index is 2.07. The molecule has 0 bridgehead atoms. The molecule has 20 heavy (non-hydrogen) atoms. The highest BCUT2D eigenvalue weighted by Crippen LogP contribution is 2.18. The number of nitrogens with one attached hydrogen (secondary N) is 1. The van der Waals surface area contributed by atoms with Gasteiger partial charge in [0.25, 0.3) is 5.91 Å². The third-order valence-electron chi connectivity index (χ3n) is 3.65. The van der Waals surface area contributed by atoms with Gasteiger partial charge in [-0.2, -0.15) is 0 Å². The zero-order valence-corrected chi connectivity index (χ0v) is 11.7. The summed E-state index contributed by atoms with van der Waals surface area (Å²) in [6, 6.07) is 3.40. The molecule has 1 aliphatic rings. The molecule has 6 nitrogen and oxygen atoms in total. The molecule has 1 aromatic rings. The predicted octanol–water partition coefficient (Wildman–Crippen LogP) is 0.644. The Labute approximate surface area is 118 Å². The molecule has 2 rings (SSSR count). The molecule has 6 heteroatoms. The van der Waals surface area contributed by atoms with Crippen LogP contribution >= 0.6 is 0 Å².